The molecule has 37 heavy (non-hydrogen) atoms. The number of carbonyl (C=O) groups excluding carboxylic acids is 1. The number of aromatic nitrogens is 5. The van der Waals surface area contributed by atoms with Gasteiger partial charge in [0.15, 0.2) is 0 Å². The largest absolute Gasteiger partial charge is 0.347 e. The molecule has 0 saturated carbocycles. The van der Waals surface area contributed by atoms with Crippen LogP contribution in [0.4, 0.5) is 29.0 Å². The topological polar surface area (TPSA) is 101 Å². The van der Waals surface area contributed by atoms with Gasteiger partial charge in [-0.3, -0.25) is 9.48 Å². The van der Waals surface area contributed by atoms with Crippen molar-refractivity contribution in [3.8, 4) is 0 Å². The van der Waals surface area contributed by atoms with E-state index >= 15 is 0 Å². The van der Waals surface area contributed by atoms with E-state index in [0.29, 0.717) is 11.9 Å². The molecular formula is C28H24N8O. The van der Waals surface area contributed by atoms with Crippen molar-refractivity contribution in [1.82, 2.24) is 24.7 Å². The van der Waals surface area contributed by atoms with E-state index in [9.17, 15) is 4.79 Å². The molecule has 0 spiro atoms. The Balaban J connectivity index is 1.16. The first-order valence-electron chi connectivity index (χ1n) is 12.0. The van der Waals surface area contributed by atoms with E-state index in [-0.39, 0.29) is 0 Å². The van der Waals surface area contributed by atoms with Crippen molar-refractivity contribution in [3.63, 3.8) is 0 Å². The number of rotatable bonds is 8. The lowest BCUT2D eigenvalue weighted by Crippen LogP contribution is -2.11. The molecule has 2 N–H and O–H groups in total. The smallest absolute Gasteiger partial charge is 0.232 e. The zero-order valence-electron chi connectivity index (χ0n) is 20.0. The van der Waals surface area contributed by atoms with Gasteiger partial charge in [0.1, 0.15) is 12.6 Å². The first kappa shape index (κ1) is 22.4. The summed E-state index contributed by atoms with van der Waals surface area (Å²) in [5.41, 5.74) is 6.33. The third kappa shape index (κ3) is 4.87. The van der Waals surface area contributed by atoms with Gasteiger partial charge in [-0.05, 0) is 60.0 Å². The Labute approximate surface area is 213 Å². The standard InChI is InChI=1S/C28H24N8O/c37-14-4-12-35-13-11-21-15-23(7-9-25(21)35)32-27-29-19-30-28(34-27)33-24-8-10-26-22(16-24)17-31-36(26)18-20-5-2-1-3-6-20/h1-10,12,14-17,19H,11,13,18H2,(H2,29,30,32,33,34). The molecule has 5 aromatic rings. The van der Waals surface area contributed by atoms with Crippen LogP contribution in [0.25, 0.3) is 10.9 Å². The number of aldehydes is 1. The highest BCUT2D eigenvalue weighted by atomic mass is 16.1. The third-order valence-corrected chi connectivity index (χ3v) is 6.26. The number of hydrogen-bond acceptors (Lipinski definition) is 8. The Bertz CT molecular complexity index is 1590. The van der Waals surface area contributed by atoms with E-state index in [1.165, 1.54) is 23.5 Å². The lowest BCUT2D eigenvalue weighted by Gasteiger charge is -2.14. The molecule has 9 nitrogen and oxygen atoms in total. The van der Waals surface area contributed by atoms with Gasteiger partial charge in [0.05, 0.1) is 18.3 Å². The lowest BCUT2D eigenvalue weighted by molar-refractivity contribution is -0.104. The van der Waals surface area contributed by atoms with Crippen molar-refractivity contribution >= 4 is 46.1 Å². The highest BCUT2D eigenvalue weighted by Gasteiger charge is 2.17. The zero-order chi connectivity index (χ0) is 25.0. The Morgan fingerprint density at radius 1 is 0.919 bits per heavy atom. The van der Waals surface area contributed by atoms with Gasteiger partial charge in [-0.15, -0.1) is 0 Å². The fraction of sp³-hybridized carbons (Fsp3) is 0.107. The van der Waals surface area contributed by atoms with Crippen LogP contribution in [-0.2, 0) is 17.8 Å². The number of hydrogen-bond donors (Lipinski definition) is 2. The Morgan fingerprint density at radius 2 is 1.70 bits per heavy atom. The number of nitrogens with one attached hydrogen (secondary N) is 2. The van der Waals surface area contributed by atoms with Crippen molar-refractivity contribution in [2.75, 3.05) is 22.1 Å². The summed E-state index contributed by atoms with van der Waals surface area (Å²) in [6, 6.07) is 22.5. The molecule has 0 atom stereocenters. The Hall–Kier alpha value is -5.05. The van der Waals surface area contributed by atoms with E-state index in [1.54, 1.807) is 0 Å². The van der Waals surface area contributed by atoms with Crippen LogP contribution in [-0.4, -0.2) is 37.6 Å². The molecule has 0 aliphatic carbocycles. The molecule has 0 unspecified atom stereocenters. The number of allylic oxidation sites excluding steroid dienone is 1. The SMILES string of the molecule is O=CC=CN1CCc2cc(Nc3ncnc(Nc4ccc5c(cnn5Cc5ccccc5)c4)n3)ccc21. The van der Waals surface area contributed by atoms with Crippen LogP contribution < -0.4 is 15.5 Å². The van der Waals surface area contributed by atoms with Gasteiger partial charge in [0.25, 0.3) is 0 Å². The normalized spacial score (nSPS) is 12.7. The number of carbonyl (C=O) groups is 1. The summed E-state index contributed by atoms with van der Waals surface area (Å²) in [7, 11) is 0. The molecule has 182 valence electrons. The summed E-state index contributed by atoms with van der Waals surface area (Å²) in [4.78, 5) is 25.8. The second-order valence-corrected chi connectivity index (χ2v) is 8.71. The minimum Gasteiger partial charge on any atom is -0.347 e. The van der Waals surface area contributed by atoms with Gasteiger partial charge in [0, 0.05) is 35.2 Å². The van der Waals surface area contributed by atoms with Gasteiger partial charge in [-0.1, -0.05) is 30.3 Å². The molecule has 3 aromatic carbocycles. The maximum absolute atomic E-state index is 10.6. The molecule has 0 fully saturated rings. The van der Waals surface area contributed by atoms with E-state index in [0.717, 1.165) is 53.8 Å². The second-order valence-electron chi connectivity index (χ2n) is 8.71. The first-order chi connectivity index (χ1) is 18.2. The summed E-state index contributed by atoms with van der Waals surface area (Å²) in [6.07, 6.45) is 8.36. The maximum atomic E-state index is 10.6. The van der Waals surface area contributed by atoms with Gasteiger partial charge >= 0.3 is 0 Å². The quantitative estimate of drug-likeness (QED) is 0.237. The molecule has 0 amide bonds. The molecule has 1 aliphatic heterocycles. The maximum Gasteiger partial charge on any atom is 0.232 e. The van der Waals surface area contributed by atoms with E-state index in [1.807, 2.05) is 65.6 Å². The molecular weight excluding hydrogens is 464 g/mol. The van der Waals surface area contributed by atoms with Crippen LogP contribution in [0.5, 0.6) is 0 Å². The highest BCUT2D eigenvalue weighted by Crippen LogP contribution is 2.31. The summed E-state index contributed by atoms with van der Waals surface area (Å²) >= 11 is 0. The van der Waals surface area contributed by atoms with Crippen molar-refractivity contribution in [3.05, 3.63) is 103 Å². The number of nitrogens with zero attached hydrogens (tertiary/aromatic N) is 6. The summed E-state index contributed by atoms with van der Waals surface area (Å²) < 4.78 is 1.99. The predicted molar refractivity (Wildman–Crippen MR) is 144 cm³/mol. The highest BCUT2D eigenvalue weighted by molar-refractivity contribution is 5.83. The molecule has 3 heterocycles. The van der Waals surface area contributed by atoms with E-state index in [4.69, 9.17) is 0 Å². The van der Waals surface area contributed by atoms with Crippen LogP contribution in [0.2, 0.25) is 0 Å². The molecule has 0 saturated heterocycles. The first-order valence-corrected chi connectivity index (χ1v) is 12.0. The van der Waals surface area contributed by atoms with Crippen LogP contribution in [0.3, 0.4) is 0 Å². The Kier molecular flexibility index (Phi) is 6.00. The molecule has 0 radical (unpaired) electrons. The van der Waals surface area contributed by atoms with Crippen LogP contribution in [0.1, 0.15) is 11.1 Å². The van der Waals surface area contributed by atoms with Crippen LogP contribution >= 0.6 is 0 Å². The minimum absolute atomic E-state index is 0.444. The van der Waals surface area contributed by atoms with Crippen molar-refractivity contribution < 1.29 is 4.79 Å². The zero-order valence-corrected chi connectivity index (χ0v) is 20.0. The fourth-order valence-corrected chi connectivity index (χ4v) is 4.52. The summed E-state index contributed by atoms with van der Waals surface area (Å²) in [6.45, 7) is 1.56. The lowest BCUT2D eigenvalue weighted by atomic mass is 10.1. The van der Waals surface area contributed by atoms with Crippen molar-refractivity contribution in [2.24, 2.45) is 0 Å². The number of anilines is 5. The average Bonchev–Trinajstić information content (AvgIpc) is 3.51. The van der Waals surface area contributed by atoms with Gasteiger partial charge < -0.3 is 15.5 Å². The number of benzene rings is 3. The minimum atomic E-state index is 0.444. The molecule has 2 aromatic heterocycles. The Morgan fingerprint density at radius 3 is 2.51 bits per heavy atom. The second kappa shape index (κ2) is 9.90. The van der Waals surface area contributed by atoms with Crippen LogP contribution in [0, 0.1) is 0 Å². The molecule has 0 bridgehead atoms. The molecule has 9 heteroatoms. The molecule has 6 rings (SSSR count). The monoisotopic (exact) mass is 488 g/mol. The fourth-order valence-electron chi connectivity index (χ4n) is 4.52. The van der Waals surface area contributed by atoms with E-state index < -0.39 is 0 Å². The average molecular weight is 489 g/mol. The van der Waals surface area contributed by atoms with Crippen molar-refractivity contribution in [2.45, 2.75) is 13.0 Å². The predicted octanol–water partition coefficient (Wildman–Crippen LogP) is 4.83. The van der Waals surface area contributed by atoms with E-state index in [2.05, 4.69) is 53.8 Å². The summed E-state index contributed by atoms with van der Waals surface area (Å²) in [5.74, 6) is 0.893. The molecule has 1 aliphatic rings. The van der Waals surface area contributed by atoms with Crippen molar-refractivity contribution in [1.29, 1.82) is 0 Å². The number of fused-ring (bicyclic) bond motifs is 2. The van der Waals surface area contributed by atoms with Crippen LogP contribution in [0.15, 0.2) is 91.5 Å². The van der Waals surface area contributed by atoms with Gasteiger partial charge in [-0.2, -0.15) is 10.1 Å². The summed E-state index contributed by atoms with van der Waals surface area (Å²) in [5, 5.41) is 12.1. The van der Waals surface area contributed by atoms with Gasteiger partial charge in [0.2, 0.25) is 11.9 Å². The third-order valence-electron chi connectivity index (χ3n) is 6.26. The van der Waals surface area contributed by atoms with Gasteiger partial charge in [-0.25, -0.2) is 9.97 Å².